The summed E-state index contributed by atoms with van der Waals surface area (Å²) in [6.07, 6.45) is 0.352. The third kappa shape index (κ3) is 3.13. The molecule has 2 rings (SSSR count). The summed E-state index contributed by atoms with van der Waals surface area (Å²) in [6, 6.07) is 5.73. The Morgan fingerprint density at radius 2 is 2.22 bits per heavy atom. The van der Waals surface area contributed by atoms with Gasteiger partial charge in [-0.05, 0) is 30.5 Å². The lowest BCUT2D eigenvalue weighted by Crippen LogP contribution is -2.21. The molecule has 0 fully saturated rings. The van der Waals surface area contributed by atoms with E-state index in [1.165, 1.54) is 0 Å². The van der Waals surface area contributed by atoms with Crippen molar-refractivity contribution in [1.82, 2.24) is 4.98 Å². The average Bonchev–Trinajstić information content (AvgIpc) is 2.67. The van der Waals surface area contributed by atoms with Crippen molar-refractivity contribution in [3.8, 4) is 0 Å². The van der Waals surface area contributed by atoms with Crippen molar-refractivity contribution in [3.05, 3.63) is 18.2 Å². The smallest absolute Gasteiger partial charge is 0.295 e. The van der Waals surface area contributed by atoms with Gasteiger partial charge in [0.2, 0.25) is 0 Å². The molecule has 0 saturated heterocycles. The van der Waals surface area contributed by atoms with Crippen LogP contribution in [0.15, 0.2) is 22.6 Å². The van der Waals surface area contributed by atoms with Crippen LogP contribution in [0.3, 0.4) is 0 Å². The average molecular weight is 249 g/mol. The van der Waals surface area contributed by atoms with Crippen LogP contribution < -0.4 is 11.1 Å². The number of nitrogens with one attached hydrogen (secondary N) is 1. The third-order valence-electron chi connectivity index (χ3n) is 2.64. The molecule has 0 bridgehead atoms. The number of nitrogen functional groups attached to an aromatic ring is 1. The van der Waals surface area contributed by atoms with Gasteiger partial charge in [-0.1, -0.05) is 13.8 Å². The molecule has 0 amide bonds. The van der Waals surface area contributed by atoms with Crippen molar-refractivity contribution in [2.24, 2.45) is 5.92 Å². The van der Waals surface area contributed by atoms with Crippen LogP contribution in [0.2, 0.25) is 0 Å². The number of aliphatic hydroxyl groups excluding tert-OH is 1. The van der Waals surface area contributed by atoms with Crippen LogP contribution in [0.4, 0.5) is 11.7 Å². The van der Waals surface area contributed by atoms with Gasteiger partial charge in [-0.25, -0.2) is 0 Å². The highest BCUT2D eigenvalue weighted by molar-refractivity contribution is 5.78. The molecule has 5 nitrogen and oxygen atoms in total. The largest absolute Gasteiger partial charge is 0.424 e. The summed E-state index contributed by atoms with van der Waals surface area (Å²) in [6.45, 7) is 4.58. The molecule has 0 aliphatic rings. The highest BCUT2D eigenvalue weighted by Gasteiger charge is 2.09. The molecule has 1 aromatic carbocycles. The van der Waals surface area contributed by atoms with E-state index in [0.29, 0.717) is 29.7 Å². The van der Waals surface area contributed by atoms with Crippen molar-refractivity contribution >= 4 is 22.8 Å². The minimum Gasteiger partial charge on any atom is -0.424 e. The fourth-order valence-electron chi connectivity index (χ4n) is 1.85. The van der Waals surface area contributed by atoms with Crippen LogP contribution in [0.25, 0.3) is 11.1 Å². The number of nitrogens with two attached hydrogens (primary N) is 1. The normalized spacial score (nSPS) is 13.1. The van der Waals surface area contributed by atoms with Crippen molar-refractivity contribution in [3.63, 3.8) is 0 Å². The van der Waals surface area contributed by atoms with Gasteiger partial charge in [0.1, 0.15) is 5.52 Å². The summed E-state index contributed by atoms with van der Waals surface area (Å²) in [7, 11) is 0. The zero-order valence-electron chi connectivity index (χ0n) is 10.7. The maximum Gasteiger partial charge on any atom is 0.295 e. The summed E-state index contributed by atoms with van der Waals surface area (Å²) >= 11 is 0. The third-order valence-corrected chi connectivity index (χ3v) is 2.64. The Hall–Kier alpha value is -1.75. The second-order valence-electron chi connectivity index (χ2n) is 4.91. The number of aromatic nitrogens is 1. The standard InChI is InChI=1S/C13H19N3O2/c1-8(2)5-10(17)7-15-13-16-11-6-9(14)3-4-12(11)18-13/h3-4,6,8,10,17H,5,7,14H2,1-2H3,(H,15,16). The van der Waals surface area contributed by atoms with Crippen molar-refractivity contribution in [2.75, 3.05) is 17.6 Å². The molecule has 0 radical (unpaired) electrons. The van der Waals surface area contributed by atoms with E-state index in [1.807, 2.05) is 0 Å². The number of hydrogen-bond acceptors (Lipinski definition) is 5. The lowest BCUT2D eigenvalue weighted by atomic mass is 10.1. The molecular formula is C13H19N3O2. The van der Waals surface area contributed by atoms with E-state index in [0.717, 1.165) is 11.9 Å². The van der Waals surface area contributed by atoms with E-state index < -0.39 is 6.10 Å². The van der Waals surface area contributed by atoms with Gasteiger partial charge in [-0.15, -0.1) is 0 Å². The van der Waals surface area contributed by atoms with Crippen molar-refractivity contribution < 1.29 is 9.52 Å². The maximum atomic E-state index is 9.75. The molecule has 1 unspecified atom stereocenters. The van der Waals surface area contributed by atoms with Crippen LogP contribution in [-0.4, -0.2) is 22.7 Å². The highest BCUT2D eigenvalue weighted by Crippen LogP contribution is 2.21. The summed E-state index contributed by atoms with van der Waals surface area (Å²) in [5, 5.41) is 12.7. The van der Waals surface area contributed by atoms with Gasteiger partial charge in [0.15, 0.2) is 5.58 Å². The number of oxazole rings is 1. The van der Waals surface area contributed by atoms with Gasteiger partial charge in [-0.2, -0.15) is 4.98 Å². The Morgan fingerprint density at radius 3 is 2.94 bits per heavy atom. The molecule has 5 heteroatoms. The van der Waals surface area contributed by atoms with E-state index in [4.69, 9.17) is 10.2 Å². The molecule has 1 aromatic heterocycles. The second kappa shape index (κ2) is 5.27. The SMILES string of the molecule is CC(C)CC(O)CNc1nc2cc(N)ccc2o1. The number of aliphatic hydroxyl groups is 1. The first kappa shape index (κ1) is 12.7. The Labute approximate surface area is 106 Å². The first-order valence-electron chi connectivity index (χ1n) is 6.12. The quantitative estimate of drug-likeness (QED) is 0.708. The van der Waals surface area contributed by atoms with E-state index in [2.05, 4.69) is 24.1 Å². The number of hydrogen-bond donors (Lipinski definition) is 3. The minimum atomic E-state index is -0.398. The Kier molecular flexibility index (Phi) is 3.72. The molecule has 1 heterocycles. The maximum absolute atomic E-state index is 9.75. The van der Waals surface area contributed by atoms with Crippen LogP contribution in [0.5, 0.6) is 0 Å². The van der Waals surface area contributed by atoms with Crippen molar-refractivity contribution in [2.45, 2.75) is 26.4 Å². The summed E-state index contributed by atoms with van der Waals surface area (Å²) < 4.78 is 5.49. The molecule has 0 aliphatic carbocycles. The molecular weight excluding hydrogens is 230 g/mol. The predicted octanol–water partition coefficient (Wildman–Crippen LogP) is 2.23. The lowest BCUT2D eigenvalue weighted by molar-refractivity contribution is 0.160. The number of fused-ring (bicyclic) bond motifs is 1. The fourth-order valence-corrected chi connectivity index (χ4v) is 1.85. The molecule has 0 aliphatic heterocycles. The Bertz CT molecular complexity index is 522. The minimum absolute atomic E-state index is 0.398. The number of rotatable bonds is 5. The first-order valence-corrected chi connectivity index (χ1v) is 6.12. The van der Waals surface area contributed by atoms with Gasteiger partial charge in [-0.3, -0.25) is 0 Å². The van der Waals surface area contributed by atoms with E-state index >= 15 is 0 Å². The molecule has 4 N–H and O–H groups in total. The topological polar surface area (TPSA) is 84.3 Å². The zero-order valence-corrected chi connectivity index (χ0v) is 10.7. The Morgan fingerprint density at radius 1 is 1.44 bits per heavy atom. The molecule has 0 spiro atoms. The molecule has 98 valence electrons. The number of nitrogens with zero attached hydrogens (tertiary/aromatic N) is 1. The van der Waals surface area contributed by atoms with E-state index in [9.17, 15) is 5.11 Å². The highest BCUT2D eigenvalue weighted by atomic mass is 16.4. The number of benzene rings is 1. The summed E-state index contributed by atoms with van der Waals surface area (Å²) in [4.78, 5) is 4.26. The fraction of sp³-hybridized carbons (Fsp3) is 0.462. The van der Waals surface area contributed by atoms with Gasteiger partial charge < -0.3 is 20.6 Å². The number of anilines is 2. The molecule has 0 saturated carbocycles. The molecule has 18 heavy (non-hydrogen) atoms. The van der Waals surface area contributed by atoms with Crippen LogP contribution in [-0.2, 0) is 0 Å². The van der Waals surface area contributed by atoms with Gasteiger partial charge in [0.05, 0.1) is 6.10 Å². The predicted molar refractivity (Wildman–Crippen MR) is 72.4 cm³/mol. The summed E-state index contributed by atoms with van der Waals surface area (Å²) in [5.41, 5.74) is 7.73. The Balaban J connectivity index is 1.99. The summed E-state index contributed by atoms with van der Waals surface area (Å²) in [5.74, 6) is 0.463. The van der Waals surface area contributed by atoms with Gasteiger partial charge >= 0.3 is 0 Å². The van der Waals surface area contributed by atoms with Crippen LogP contribution in [0.1, 0.15) is 20.3 Å². The molecule has 2 aromatic rings. The zero-order chi connectivity index (χ0) is 13.1. The van der Waals surface area contributed by atoms with E-state index in [-0.39, 0.29) is 0 Å². The van der Waals surface area contributed by atoms with Gasteiger partial charge in [0.25, 0.3) is 6.01 Å². The van der Waals surface area contributed by atoms with Crippen LogP contribution >= 0.6 is 0 Å². The van der Waals surface area contributed by atoms with Crippen LogP contribution in [0, 0.1) is 5.92 Å². The van der Waals surface area contributed by atoms with Gasteiger partial charge in [0, 0.05) is 12.2 Å². The molecule has 1 atom stereocenters. The van der Waals surface area contributed by atoms with Crippen molar-refractivity contribution in [1.29, 1.82) is 0 Å². The van der Waals surface area contributed by atoms with E-state index in [1.54, 1.807) is 18.2 Å². The second-order valence-corrected chi connectivity index (χ2v) is 4.91. The monoisotopic (exact) mass is 249 g/mol. The first-order chi connectivity index (χ1) is 8.54. The lowest BCUT2D eigenvalue weighted by Gasteiger charge is -2.12.